The van der Waals surface area contributed by atoms with E-state index in [0.29, 0.717) is 0 Å². The predicted molar refractivity (Wildman–Crippen MR) is 92.7 cm³/mol. The Morgan fingerprint density at radius 1 is 0.842 bits per heavy atom. The van der Waals surface area contributed by atoms with Gasteiger partial charge in [0.25, 0.3) is 0 Å². The highest BCUT2D eigenvalue weighted by Crippen LogP contribution is 2.11. The van der Waals surface area contributed by atoms with Crippen LogP contribution in [0.25, 0.3) is 0 Å². The van der Waals surface area contributed by atoms with Gasteiger partial charge in [0.15, 0.2) is 0 Å². The Bertz CT molecular complexity index is 203. The van der Waals surface area contributed by atoms with Crippen LogP contribution in [0, 0.1) is 0 Å². The van der Waals surface area contributed by atoms with Gasteiger partial charge in [-0.05, 0) is 57.5 Å². The maximum atomic E-state index is 2.68. The third-order valence-corrected chi connectivity index (χ3v) is 5.99. The van der Waals surface area contributed by atoms with Gasteiger partial charge in [0.05, 0.1) is 0 Å². The maximum Gasteiger partial charge on any atom is 0.0109 e. The van der Waals surface area contributed by atoms with Crippen molar-refractivity contribution in [3.63, 3.8) is 0 Å². The lowest BCUT2D eigenvalue weighted by Crippen LogP contribution is -2.35. The molecule has 0 amide bonds. The number of hydrogen-bond acceptors (Lipinski definition) is 4. The second-order valence-electron chi connectivity index (χ2n) is 5.43. The highest BCUT2D eigenvalue weighted by molar-refractivity contribution is 8.02. The van der Waals surface area contributed by atoms with Crippen LogP contribution in [-0.4, -0.2) is 72.6 Å². The lowest BCUT2D eigenvalue weighted by Gasteiger charge is -2.25. The highest BCUT2D eigenvalue weighted by atomic mass is 32.2. The van der Waals surface area contributed by atoms with Crippen molar-refractivity contribution in [2.24, 2.45) is 0 Å². The molecule has 19 heavy (non-hydrogen) atoms. The summed E-state index contributed by atoms with van der Waals surface area (Å²) in [6, 6.07) is 0. The topological polar surface area (TPSA) is 6.48 Å². The Hall–Kier alpha value is 0.620. The van der Waals surface area contributed by atoms with E-state index in [2.05, 4.69) is 47.3 Å². The summed E-state index contributed by atoms with van der Waals surface area (Å²) >= 11 is 4.28. The molecule has 0 saturated carbocycles. The molecule has 0 radical (unpaired) electrons. The Morgan fingerprint density at radius 2 is 1.53 bits per heavy atom. The van der Waals surface area contributed by atoms with Gasteiger partial charge in [0.1, 0.15) is 0 Å². The molecule has 0 atom stereocenters. The summed E-state index contributed by atoms with van der Waals surface area (Å²) in [7, 11) is 2.28. The SMILES string of the molecule is CCCCN1CCCSCCSCCCN(C)CC1. The Balaban J connectivity index is 2.30. The van der Waals surface area contributed by atoms with Gasteiger partial charge in [-0.3, -0.25) is 0 Å². The third-order valence-electron chi connectivity index (χ3n) is 3.59. The summed E-state index contributed by atoms with van der Waals surface area (Å²) in [5.41, 5.74) is 0. The van der Waals surface area contributed by atoms with Gasteiger partial charge in [-0.15, -0.1) is 0 Å². The standard InChI is InChI=1S/C15H32N2S2/c1-3-4-8-17-9-6-13-19-15-14-18-12-5-7-16(2)10-11-17/h3-15H2,1-2H3. The minimum atomic E-state index is 1.24. The first-order chi connectivity index (χ1) is 9.33. The van der Waals surface area contributed by atoms with E-state index in [0.717, 1.165) is 0 Å². The van der Waals surface area contributed by atoms with E-state index in [4.69, 9.17) is 0 Å². The minimum Gasteiger partial charge on any atom is -0.305 e. The molecular weight excluding hydrogens is 272 g/mol. The number of hydrogen-bond donors (Lipinski definition) is 0. The summed E-state index contributed by atoms with van der Waals surface area (Å²) in [6.07, 6.45) is 5.38. The zero-order valence-corrected chi connectivity index (χ0v) is 14.5. The van der Waals surface area contributed by atoms with Crippen molar-refractivity contribution < 1.29 is 0 Å². The van der Waals surface area contributed by atoms with Crippen LogP contribution in [0.5, 0.6) is 0 Å². The number of rotatable bonds is 3. The van der Waals surface area contributed by atoms with E-state index < -0.39 is 0 Å². The average molecular weight is 305 g/mol. The first-order valence-corrected chi connectivity index (χ1v) is 10.2. The molecule has 0 aliphatic carbocycles. The largest absolute Gasteiger partial charge is 0.305 e. The summed E-state index contributed by atoms with van der Waals surface area (Å²) < 4.78 is 0. The zero-order valence-electron chi connectivity index (χ0n) is 12.9. The van der Waals surface area contributed by atoms with Crippen molar-refractivity contribution >= 4 is 23.5 Å². The van der Waals surface area contributed by atoms with Gasteiger partial charge in [-0.2, -0.15) is 23.5 Å². The van der Waals surface area contributed by atoms with E-state index in [9.17, 15) is 0 Å². The van der Waals surface area contributed by atoms with Gasteiger partial charge in [-0.1, -0.05) is 13.3 Å². The highest BCUT2D eigenvalue weighted by Gasteiger charge is 2.07. The average Bonchev–Trinajstić information content (AvgIpc) is 2.42. The van der Waals surface area contributed by atoms with Crippen molar-refractivity contribution in [2.75, 3.05) is 62.8 Å². The molecule has 4 heteroatoms. The molecule has 0 spiro atoms. The van der Waals surface area contributed by atoms with E-state index in [1.54, 1.807) is 0 Å². The van der Waals surface area contributed by atoms with Crippen molar-refractivity contribution in [1.82, 2.24) is 9.80 Å². The summed E-state index contributed by atoms with van der Waals surface area (Å²) in [4.78, 5) is 5.20. The molecule has 2 nitrogen and oxygen atoms in total. The lowest BCUT2D eigenvalue weighted by atomic mass is 10.3. The molecule has 0 unspecified atom stereocenters. The monoisotopic (exact) mass is 304 g/mol. The van der Waals surface area contributed by atoms with Crippen LogP contribution >= 0.6 is 23.5 Å². The maximum absolute atomic E-state index is 2.68. The zero-order chi connectivity index (χ0) is 13.8. The number of likely N-dealkylation sites (N-methyl/N-ethyl adjacent to an activating group) is 1. The molecule has 1 aliphatic heterocycles. The second kappa shape index (κ2) is 12.4. The third kappa shape index (κ3) is 10.1. The van der Waals surface area contributed by atoms with Gasteiger partial charge in [-0.25, -0.2) is 0 Å². The van der Waals surface area contributed by atoms with Crippen LogP contribution in [0.1, 0.15) is 32.6 Å². The summed E-state index contributed by atoms with van der Waals surface area (Å²) in [6.45, 7) is 8.65. The van der Waals surface area contributed by atoms with E-state index in [-0.39, 0.29) is 0 Å². The molecule has 1 rings (SSSR count). The first-order valence-electron chi connectivity index (χ1n) is 7.89. The molecule has 1 heterocycles. The fraction of sp³-hybridized carbons (Fsp3) is 1.00. The Labute approximate surface area is 129 Å². The van der Waals surface area contributed by atoms with Crippen LogP contribution in [0.2, 0.25) is 0 Å². The van der Waals surface area contributed by atoms with E-state index in [1.807, 2.05) is 0 Å². The molecule has 114 valence electrons. The minimum absolute atomic E-state index is 1.24. The molecule has 0 bridgehead atoms. The Morgan fingerprint density at radius 3 is 2.21 bits per heavy atom. The van der Waals surface area contributed by atoms with Gasteiger partial charge >= 0.3 is 0 Å². The molecule has 0 aromatic carbocycles. The van der Waals surface area contributed by atoms with Crippen molar-refractivity contribution in [2.45, 2.75) is 32.6 Å². The second-order valence-corrected chi connectivity index (χ2v) is 7.88. The summed E-state index contributed by atoms with van der Waals surface area (Å²) in [5, 5.41) is 0. The molecule has 0 N–H and O–H groups in total. The lowest BCUT2D eigenvalue weighted by molar-refractivity contribution is 0.223. The quantitative estimate of drug-likeness (QED) is 0.789. The normalized spacial score (nSPS) is 23.1. The molecule has 0 aromatic rings. The molecule has 1 fully saturated rings. The smallest absolute Gasteiger partial charge is 0.0109 e. The van der Waals surface area contributed by atoms with Gasteiger partial charge < -0.3 is 9.80 Å². The van der Waals surface area contributed by atoms with Crippen LogP contribution in [-0.2, 0) is 0 Å². The van der Waals surface area contributed by atoms with Crippen molar-refractivity contribution in [3.05, 3.63) is 0 Å². The summed E-state index contributed by atoms with van der Waals surface area (Å²) in [5.74, 6) is 5.37. The van der Waals surface area contributed by atoms with Crippen molar-refractivity contribution in [1.29, 1.82) is 0 Å². The molecule has 1 aliphatic rings. The molecule has 0 aromatic heterocycles. The van der Waals surface area contributed by atoms with Gasteiger partial charge in [0.2, 0.25) is 0 Å². The predicted octanol–water partition coefficient (Wildman–Crippen LogP) is 3.28. The van der Waals surface area contributed by atoms with E-state index in [1.165, 1.54) is 81.4 Å². The molecular formula is C15H32N2S2. The number of unbranched alkanes of at least 4 members (excludes halogenated alkanes) is 1. The molecule has 1 saturated heterocycles. The van der Waals surface area contributed by atoms with Gasteiger partial charge in [0, 0.05) is 24.6 Å². The van der Waals surface area contributed by atoms with Crippen molar-refractivity contribution in [3.8, 4) is 0 Å². The first kappa shape index (κ1) is 17.7. The Kier molecular flexibility index (Phi) is 11.5. The fourth-order valence-electron chi connectivity index (χ4n) is 2.29. The van der Waals surface area contributed by atoms with Crippen LogP contribution in [0.4, 0.5) is 0 Å². The number of thioether (sulfide) groups is 2. The van der Waals surface area contributed by atoms with Crippen LogP contribution in [0.15, 0.2) is 0 Å². The van der Waals surface area contributed by atoms with E-state index >= 15 is 0 Å². The van der Waals surface area contributed by atoms with Crippen LogP contribution in [0.3, 0.4) is 0 Å². The fourth-order valence-corrected chi connectivity index (χ4v) is 4.31. The van der Waals surface area contributed by atoms with Crippen LogP contribution < -0.4 is 0 Å². The number of nitrogens with zero attached hydrogens (tertiary/aromatic N) is 2.